The number of carbonyl (C=O) groups is 1. The Hall–Kier alpha value is -2.94. The van der Waals surface area contributed by atoms with Crippen LogP contribution in [0, 0.1) is 11.2 Å². The van der Waals surface area contributed by atoms with Crippen LogP contribution in [-0.2, 0) is 20.4 Å². The molecule has 0 saturated heterocycles. The number of carbonyl (C=O) groups excluding carboxylic acids is 1. The summed E-state index contributed by atoms with van der Waals surface area (Å²) in [6.45, 7) is 0. The van der Waals surface area contributed by atoms with Crippen molar-refractivity contribution in [2.45, 2.75) is 24.8 Å². The Balaban J connectivity index is 1.80. The Morgan fingerprint density at radius 2 is 1.97 bits per heavy atom. The van der Waals surface area contributed by atoms with E-state index >= 15 is 0 Å². The summed E-state index contributed by atoms with van der Waals surface area (Å²) in [7, 11) is -3.78. The standard InChI is InChI=1S/C20H20FN3O4S/c1-29(27,28)23-18(26)19(11-12-19)20(24-17(25)16(21)13-22-24)9-7-15(8-10-20)14-5-3-2-4-6-14/h2-9,13,25H,10-12H2,1H3,(H,23,26). The van der Waals surface area contributed by atoms with Gasteiger partial charge in [0.2, 0.25) is 27.6 Å². The van der Waals surface area contributed by atoms with Crippen molar-refractivity contribution in [3.8, 4) is 5.88 Å². The molecule has 2 aliphatic rings. The highest BCUT2D eigenvalue weighted by Crippen LogP contribution is 2.61. The molecular weight excluding hydrogens is 397 g/mol. The molecule has 1 aromatic carbocycles. The molecule has 152 valence electrons. The SMILES string of the molecule is CS(=O)(=O)NC(=O)C1(C2(n3ncc(F)c3O)C=CC(c3ccccc3)=CC2)CC1. The Morgan fingerprint density at radius 3 is 2.45 bits per heavy atom. The maximum atomic E-state index is 13.9. The van der Waals surface area contributed by atoms with Crippen LogP contribution in [0.2, 0.25) is 0 Å². The molecule has 0 aliphatic heterocycles. The van der Waals surface area contributed by atoms with E-state index in [1.54, 1.807) is 12.2 Å². The van der Waals surface area contributed by atoms with Crippen LogP contribution in [0.25, 0.3) is 5.57 Å². The highest BCUT2D eigenvalue weighted by molar-refractivity contribution is 7.89. The van der Waals surface area contributed by atoms with Gasteiger partial charge in [-0.15, -0.1) is 0 Å². The highest BCUT2D eigenvalue weighted by Gasteiger charge is 2.66. The number of nitrogens with zero attached hydrogens (tertiary/aromatic N) is 2. The number of aromatic nitrogens is 2. The first-order valence-corrected chi connectivity index (χ1v) is 11.0. The topological polar surface area (TPSA) is 101 Å². The lowest BCUT2D eigenvalue weighted by atomic mass is 9.74. The van der Waals surface area contributed by atoms with E-state index in [2.05, 4.69) is 5.10 Å². The molecule has 1 unspecified atom stereocenters. The number of aromatic hydroxyl groups is 1. The lowest BCUT2D eigenvalue weighted by Crippen LogP contribution is -2.51. The maximum Gasteiger partial charge on any atom is 0.247 e. The fourth-order valence-electron chi connectivity index (χ4n) is 4.05. The summed E-state index contributed by atoms with van der Waals surface area (Å²) in [6.07, 6.45) is 8.20. The first kappa shape index (κ1) is 19.4. The van der Waals surface area contributed by atoms with E-state index in [1.165, 1.54) is 0 Å². The van der Waals surface area contributed by atoms with Gasteiger partial charge in [-0.3, -0.25) is 9.52 Å². The predicted octanol–water partition coefficient (Wildman–Crippen LogP) is 2.32. The predicted molar refractivity (Wildman–Crippen MR) is 105 cm³/mol. The van der Waals surface area contributed by atoms with Gasteiger partial charge >= 0.3 is 0 Å². The Morgan fingerprint density at radius 1 is 1.28 bits per heavy atom. The van der Waals surface area contributed by atoms with Crippen molar-refractivity contribution in [1.29, 1.82) is 0 Å². The number of sulfonamides is 1. The van der Waals surface area contributed by atoms with Gasteiger partial charge in [-0.25, -0.2) is 13.1 Å². The molecule has 4 rings (SSSR count). The van der Waals surface area contributed by atoms with Crippen LogP contribution < -0.4 is 4.72 Å². The third kappa shape index (κ3) is 3.15. The molecule has 2 N–H and O–H groups in total. The number of benzene rings is 1. The first-order valence-electron chi connectivity index (χ1n) is 9.09. The fourth-order valence-corrected chi connectivity index (χ4v) is 4.58. The molecular formula is C20H20FN3O4S. The molecule has 1 saturated carbocycles. The largest absolute Gasteiger partial charge is 0.491 e. The van der Waals surface area contributed by atoms with E-state index in [0.29, 0.717) is 12.8 Å². The van der Waals surface area contributed by atoms with Gasteiger partial charge in [-0.1, -0.05) is 48.6 Å². The summed E-state index contributed by atoms with van der Waals surface area (Å²) in [5.41, 5.74) is -0.512. The lowest BCUT2D eigenvalue weighted by molar-refractivity contribution is -0.128. The van der Waals surface area contributed by atoms with Crippen molar-refractivity contribution in [1.82, 2.24) is 14.5 Å². The Kier molecular flexibility index (Phi) is 4.38. The van der Waals surface area contributed by atoms with Crippen molar-refractivity contribution in [3.05, 3.63) is 66.1 Å². The normalized spacial score (nSPS) is 22.8. The smallest absolute Gasteiger partial charge is 0.247 e. The monoisotopic (exact) mass is 417 g/mol. The number of amides is 1. The zero-order valence-corrected chi connectivity index (χ0v) is 16.5. The minimum Gasteiger partial charge on any atom is -0.491 e. The molecule has 0 spiro atoms. The second kappa shape index (κ2) is 6.55. The van der Waals surface area contributed by atoms with Crippen molar-refractivity contribution in [2.24, 2.45) is 5.41 Å². The molecule has 29 heavy (non-hydrogen) atoms. The maximum absolute atomic E-state index is 13.9. The van der Waals surface area contributed by atoms with Crippen LogP contribution in [0.15, 0.2) is 54.8 Å². The fraction of sp³-hybridized carbons (Fsp3) is 0.300. The van der Waals surface area contributed by atoms with Crippen LogP contribution in [0.1, 0.15) is 24.8 Å². The summed E-state index contributed by atoms with van der Waals surface area (Å²) in [4.78, 5) is 12.9. The van der Waals surface area contributed by atoms with Crippen LogP contribution >= 0.6 is 0 Å². The number of rotatable bonds is 5. The Bertz CT molecular complexity index is 1130. The van der Waals surface area contributed by atoms with E-state index in [1.807, 2.05) is 41.1 Å². The molecule has 1 amide bonds. The highest BCUT2D eigenvalue weighted by atomic mass is 32.2. The van der Waals surface area contributed by atoms with Gasteiger partial charge in [0.1, 0.15) is 5.54 Å². The molecule has 9 heteroatoms. The number of allylic oxidation sites excluding steroid dienone is 4. The molecule has 0 radical (unpaired) electrons. The quantitative estimate of drug-likeness (QED) is 0.778. The number of hydrogen-bond donors (Lipinski definition) is 2. The number of halogens is 1. The van der Waals surface area contributed by atoms with Crippen molar-refractivity contribution < 1.29 is 22.7 Å². The number of nitrogens with one attached hydrogen (secondary N) is 1. The summed E-state index contributed by atoms with van der Waals surface area (Å²) in [5, 5.41) is 14.2. The van der Waals surface area contributed by atoms with Crippen LogP contribution in [0.3, 0.4) is 0 Å². The van der Waals surface area contributed by atoms with Gasteiger partial charge in [0.25, 0.3) is 0 Å². The van der Waals surface area contributed by atoms with E-state index < -0.39 is 38.6 Å². The third-order valence-electron chi connectivity index (χ3n) is 5.65. The third-order valence-corrected chi connectivity index (χ3v) is 6.21. The van der Waals surface area contributed by atoms with Crippen LogP contribution in [-0.4, -0.2) is 35.5 Å². The average Bonchev–Trinajstić information content (AvgIpc) is 3.44. The molecule has 1 fully saturated rings. The zero-order valence-electron chi connectivity index (χ0n) is 15.7. The number of hydrogen-bond acceptors (Lipinski definition) is 5. The van der Waals surface area contributed by atoms with E-state index in [4.69, 9.17) is 0 Å². The minimum absolute atomic E-state index is 0.236. The van der Waals surface area contributed by atoms with Crippen LogP contribution in [0.4, 0.5) is 4.39 Å². The molecule has 1 atom stereocenters. The van der Waals surface area contributed by atoms with Crippen LogP contribution in [0.5, 0.6) is 5.88 Å². The van der Waals surface area contributed by atoms with Crippen molar-refractivity contribution in [2.75, 3.05) is 6.26 Å². The molecule has 2 aromatic rings. The van der Waals surface area contributed by atoms with Gasteiger partial charge in [0.15, 0.2) is 0 Å². The van der Waals surface area contributed by atoms with E-state index in [9.17, 15) is 22.7 Å². The van der Waals surface area contributed by atoms with Crippen molar-refractivity contribution >= 4 is 21.5 Å². The summed E-state index contributed by atoms with van der Waals surface area (Å²) in [5.74, 6) is -2.28. The lowest BCUT2D eigenvalue weighted by Gasteiger charge is -2.39. The second-order valence-electron chi connectivity index (χ2n) is 7.50. The van der Waals surface area contributed by atoms with E-state index in [-0.39, 0.29) is 6.42 Å². The first-order chi connectivity index (χ1) is 13.7. The van der Waals surface area contributed by atoms with Gasteiger partial charge in [0.05, 0.1) is 17.9 Å². The summed E-state index contributed by atoms with van der Waals surface area (Å²) in [6, 6.07) is 9.60. The Labute approximate surface area is 167 Å². The second-order valence-corrected chi connectivity index (χ2v) is 9.25. The molecule has 0 bridgehead atoms. The van der Waals surface area contributed by atoms with Crippen molar-refractivity contribution in [3.63, 3.8) is 0 Å². The zero-order chi connectivity index (χ0) is 20.9. The van der Waals surface area contributed by atoms with Gasteiger partial charge in [-0.2, -0.15) is 9.49 Å². The van der Waals surface area contributed by atoms with Gasteiger partial charge in [0, 0.05) is 0 Å². The molecule has 2 aliphatic carbocycles. The minimum atomic E-state index is -3.78. The molecule has 1 heterocycles. The molecule has 1 aromatic heterocycles. The molecule has 7 nitrogen and oxygen atoms in total. The van der Waals surface area contributed by atoms with E-state index in [0.717, 1.165) is 28.3 Å². The van der Waals surface area contributed by atoms with Gasteiger partial charge in [-0.05, 0) is 30.4 Å². The van der Waals surface area contributed by atoms with Gasteiger partial charge < -0.3 is 5.11 Å². The summed E-state index contributed by atoms with van der Waals surface area (Å²) < 4.78 is 40.4. The summed E-state index contributed by atoms with van der Waals surface area (Å²) >= 11 is 0. The average molecular weight is 417 g/mol.